The fourth-order valence-corrected chi connectivity index (χ4v) is 5.62. The van der Waals surface area contributed by atoms with Crippen LogP contribution in [-0.4, -0.2) is 41.9 Å². The standard InChI is InChI=1S/C33H32N4.ClH/c1-24(22-35(2)3)23-36-29-20-12-10-18-27(29)31-32(25-14-6-4-7-15-25)34-37(26-16-8-5-9-17-26)33(31)28-19-11-13-21-30(28)36;/h4-21,24H,22-23H2,1-3H3;1H. The van der Waals surface area contributed by atoms with E-state index in [0.717, 1.165) is 35.7 Å². The molecule has 1 unspecified atom stereocenters. The van der Waals surface area contributed by atoms with E-state index in [9.17, 15) is 0 Å². The summed E-state index contributed by atoms with van der Waals surface area (Å²) in [4.78, 5) is 4.79. The van der Waals surface area contributed by atoms with Crippen molar-refractivity contribution in [2.45, 2.75) is 6.92 Å². The van der Waals surface area contributed by atoms with Gasteiger partial charge in [0.25, 0.3) is 0 Å². The van der Waals surface area contributed by atoms with Crippen LogP contribution in [-0.2, 0) is 0 Å². The van der Waals surface area contributed by atoms with Gasteiger partial charge in [-0.2, -0.15) is 5.10 Å². The zero-order valence-corrected chi connectivity index (χ0v) is 22.9. The average molecular weight is 521 g/mol. The quantitative estimate of drug-likeness (QED) is 0.227. The summed E-state index contributed by atoms with van der Waals surface area (Å²) < 4.78 is 2.14. The zero-order valence-electron chi connectivity index (χ0n) is 22.1. The number of fused-ring (bicyclic) bond motifs is 5. The Kier molecular flexibility index (Phi) is 7.37. The van der Waals surface area contributed by atoms with Crippen molar-refractivity contribution in [3.63, 3.8) is 0 Å². The molecule has 4 aromatic carbocycles. The van der Waals surface area contributed by atoms with E-state index in [1.807, 2.05) is 0 Å². The lowest BCUT2D eigenvalue weighted by Gasteiger charge is -2.31. The largest absolute Gasteiger partial charge is 0.340 e. The Hall–Kier alpha value is -3.86. The van der Waals surface area contributed by atoms with Crippen molar-refractivity contribution in [3.05, 3.63) is 109 Å². The van der Waals surface area contributed by atoms with Crippen molar-refractivity contribution < 1.29 is 0 Å². The maximum atomic E-state index is 5.29. The van der Waals surface area contributed by atoms with Crippen molar-refractivity contribution in [2.75, 3.05) is 32.1 Å². The molecule has 0 bridgehead atoms. The summed E-state index contributed by atoms with van der Waals surface area (Å²) in [5.41, 5.74) is 10.4. The zero-order chi connectivity index (χ0) is 25.4. The topological polar surface area (TPSA) is 24.3 Å². The van der Waals surface area contributed by atoms with Crippen molar-refractivity contribution >= 4 is 23.8 Å². The number of anilines is 2. The Bertz CT molecular complexity index is 1420. The van der Waals surface area contributed by atoms with Crippen molar-refractivity contribution in [2.24, 2.45) is 5.92 Å². The molecule has 0 aliphatic carbocycles. The summed E-state index contributed by atoms with van der Waals surface area (Å²) in [5, 5.41) is 5.29. The summed E-state index contributed by atoms with van der Waals surface area (Å²) in [6.07, 6.45) is 0. The molecule has 1 aliphatic heterocycles. The second-order valence-electron chi connectivity index (χ2n) is 10.2. The summed E-state index contributed by atoms with van der Waals surface area (Å²) in [6, 6.07) is 38.7. The third-order valence-corrected chi connectivity index (χ3v) is 7.02. The second kappa shape index (κ2) is 10.9. The molecule has 38 heavy (non-hydrogen) atoms. The predicted octanol–water partition coefficient (Wildman–Crippen LogP) is 7.94. The smallest absolute Gasteiger partial charge is 0.101 e. The van der Waals surface area contributed by atoms with E-state index in [1.54, 1.807) is 0 Å². The number of aromatic nitrogens is 2. The monoisotopic (exact) mass is 520 g/mol. The molecule has 5 heteroatoms. The molecule has 1 aliphatic rings. The molecule has 5 aromatic rings. The minimum atomic E-state index is 0. The van der Waals surface area contributed by atoms with Crippen molar-refractivity contribution in [1.82, 2.24) is 14.7 Å². The molecule has 1 atom stereocenters. The minimum Gasteiger partial charge on any atom is -0.340 e. The molecule has 0 fully saturated rings. The van der Waals surface area contributed by atoms with Crippen molar-refractivity contribution in [1.29, 1.82) is 0 Å². The minimum absolute atomic E-state index is 0. The van der Waals surface area contributed by atoms with E-state index in [1.165, 1.54) is 28.1 Å². The van der Waals surface area contributed by atoms with Crippen LogP contribution < -0.4 is 4.90 Å². The summed E-state index contributed by atoms with van der Waals surface area (Å²) in [5.74, 6) is 0.483. The summed E-state index contributed by atoms with van der Waals surface area (Å²) >= 11 is 0. The fraction of sp³-hybridized carbons (Fsp3) is 0.182. The number of hydrogen-bond donors (Lipinski definition) is 0. The van der Waals surface area contributed by atoms with Crippen LogP contribution >= 0.6 is 12.4 Å². The Morgan fingerprint density at radius 1 is 0.711 bits per heavy atom. The van der Waals surface area contributed by atoms with Gasteiger partial charge in [0.05, 0.1) is 17.1 Å². The van der Waals surface area contributed by atoms with Gasteiger partial charge in [0.2, 0.25) is 0 Å². The first kappa shape index (κ1) is 25.8. The summed E-state index contributed by atoms with van der Waals surface area (Å²) in [7, 11) is 4.30. The van der Waals surface area contributed by atoms with Crippen LogP contribution in [0.5, 0.6) is 0 Å². The van der Waals surface area contributed by atoms with E-state index >= 15 is 0 Å². The third kappa shape index (κ3) is 4.62. The Morgan fingerprint density at radius 2 is 1.26 bits per heavy atom. The SMILES string of the molecule is CC(CN(C)C)CN1c2ccccc2-c2c(-c3ccccc3)nn(-c3ccccc3)c2-c2ccccc21.Cl. The number of rotatable bonds is 6. The van der Waals surface area contributed by atoms with E-state index in [0.29, 0.717) is 5.92 Å². The molecule has 0 N–H and O–H groups in total. The molecule has 1 aromatic heterocycles. The molecule has 0 spiro atoms. The molecular formula is C33H33ClN4. The van der Waals surface area contributed by atoms with E-state index in [2.05, 4.69) is 145 Å². The first-order valence-electron chi connectivity index (χ1n) is 13.0. The average Bonchev–Trinajstić information content (AvgIpc) is 3.28. The van der Waals surface area contributed by atoms with Gasteiger partial charge < -0.3 is 9.80 Å². The van der Waals surface area contributed by atoms with Gasteiger partial charge in [-0.1, -0.05) is 91.9 Å². The first-order chi connectivity index (χ1) is 18.1. The molecular weight excluding hydrogens is 488 g/mol. The van der Waals surface area contributed by atoms with Crippen LogP contribution in [0.3, 0.4) is 0 Å². The van der Waals surface area contributed by atoms with E-state index in [-0.39, 0.29) is 12.4 Å². The third-order valence-electron chi connectivity index (χ3n) is 7.02. The van der Waals surface area contributed by atoms with Gasteiger partial charge in [0.15, 0.2) is 0 Å². The highest BCUT2D eigenvalue weighted by Crippen LogP contribution is 2.51. The number of nitrogens with zero attached hydrogens (tertiary/aromatic N) is 4. The first-order valence-corrected chi connectivity index (χ1v) is 13.0. The van der Waals surface area contributed by atoms with Gasteiger partial charge in [0.1, 0.15) is 5.69 Å². The van der Waals surface area contributed by atoms with E-state index < -0.39 is 0 Å². The van der Waals surface area contributed by atoms with Gasteiger partial charge in [-0.25, -0.2) is 4.68 Å². The normalized spacial score (nSPS) is 12.7. The van der Waals surface area contributed by atoms with Crippen LogP contribution in [0.4, 0.5) is 11.4 Å². The molecule has 192 valence electrons. The second-order valence-corrected chi connectivity index (χ2v) is 10.2. The van der Waals surface area contributed by atoms with Gasteiger partial charge in [-0.3, -0.25) is 0 Å². The Balaban J connectivity index is 0.00000294. The number of para-hydroxylation sites is 3. The number of halogens is 1. The van der Waals surface area contributed by atoms with E-state index in [4.69, 9.17) is 5.10 Å². The summed E-state index contributed by atoms with van der Waals surface area (Å²) in [6.45, 7) is 4.29. The number of hydrogen-bond acceptors (Lipinski definition) is 3. The van der Waals surface area contributed by atoms with Crippen LogP contribution in [0.2, 0.25) is 0 Å². The lowest BCUT2D eigenvalue weighted by molar-refractivity contribution is 0.343. The van der Waals surface area contributed by atoms with Gasteiger partial charge in [-0.05, 0) is 44.3 Å². The molecule has 0 amide bonds. The predicted molar refractivity (Wildman–Crippen MR) is 162 cm³/mol. The van der Waals surface area contributed by atoms with Crippen LogP contribution in [0.15, 0.2) is 109 Å². The Labute approximate surface area is 231 Å². The molecule has 6 rings (SSSR count). The van der Waals surface area contributed by atoms with Crippen LogP contribution in [0.1, 0.15) is 6.92 Å². The van der Waals surface area contributed by atoms with Crippen LogP contribution in [0.25, 0.3) is 39.3 Å². The maximum Gasteiger partial charge on any atom is 0.101 e. The fourth-order valence-electron chi connectivity index (χ4n) is 5.62. The van der Waals surface area contributed by atoms with Crippen molar-refractivity contribution in [3.8, 4) is 39.3 Å². The highest BCUT2D eigenvalue weighted by molar-refractivity contribution is 6.03. The molecule has 0 saturated heterocycles. The molecule has 2 heterocycles. The highest BCUT2D eigenvalue weighted by atomic mass is 35.5. The highest BCUT2D eigenvalue weighted by Gasteiger charge is 2.32. The van der Waals surface area contributed by atoms with Gasteiger partial charge >= 0.3 is 0 Å². The Morgan fingerprint density at radius 3 is 1.92 bits per heavy atom. The lowest BCUT2D eigenvalue weighted by atomic mass is 9.95. The maximum absolute atomic E-state index is 5.29. The number of benzene rings is 4. The molecule has 0 radical (unpaired) electrons. The lowest BCUT2D eigenvalue weighted by Crippen LogP contribution is -2.30. The molecule has 0 saturated carbocycles. The van der Waals surface area contributed by atoms with Gasteiger partial charge in [-0.15, -0.1) is 12.4 Å². The molecule has 4 nitrogen and oxygen atoms in total. The van der Waals surface area contributed by atoms with Crippen LogP contribution in [0, 0.1) is 5.92 Å². The van der Waals surface area contributed by atoms with Gasteiger partial charge in [0, 0.05) is 41.0 Å².